The van der Waals surface area contributed by atoms with E-state index in [1.54, 1.807) is 36.4 Å². The highest BCUT2D eigenvalue weighted by molar-refractivity contribution is 9.10. The van der Waals surface area contributed by atoms with Crippen LogP contribution in [0.3, 0.4) is 0 Å². The Balaban J connectivity index is 1.92. The molecular formula is C27H31BrN2O4S. The Kier molecular flexibility index (Phi) is 9.34. The Bertz CT molecular complexity index is 1200. The first-order valence-corrected chi connectivity index (χ1v) is 13.8. The first-order chi connectivity index (χ1) is 16.7. The molecule has 3 aromatic carbocycles. The molecule has 0 spiro atoms. The molecule has 1 atom stereocenters. The van der Waals surface area contributed by atoms with Crippen molar-refractivity contribution in [3.8, 4) is 5.75 Å². The van der Waals surface area contributed by atoms with Crippen LogP contribution < -0.4 is 14.4 Å². The molecule has 1 amide bonds. The van der Waals surface area contributed by atoms with Crippen molar-refractivity contribution in [2.75, 3.05) is 17.5 Å². The number of rotatable bonds is 11. The molecular weight excluding hydrogens is 528 g/mol. The molecule has 35 heavy (non-hydrogen) atoms. The van der Waals surface area contributed by atoms with Gasteiger partial charge in [-0.2, -0.15) is 0 Å². The second-order valence-electron chi connectivity index (χ2n) is 8.55. The van der Waals surface area contributed by atoms with Crippen LogP contribution in [0.5, 0.6) is 5.75 Å². The van der Waals surface area contributed by atoms with E-state index in [9.17, 15) is 13.2 Å². The number of carbonyl (C=O) groups is 1. The van der Waals surface area contributed by atoms with Gasteiger partial charge in [0.05, 0.1) is 23.2 Å². The van der Waals surface area contributed by atoms with Crippen LogP contribution in [0.1, 0.15) is 38.8 Å². The third kappa shape index (κ3) is 7.32. The van der Waals surface area contributed by atoms with E-state index in [4.69, 9.17) is 4.74 Å². The van der Waals surface area contributed by atoms with Gasteiger partial charge < -0.3 is 10.1 Å². The Morgan fingerprint density at radius 1 is 0.971 bits per heavy atom. The minimum Gasteiger partial charge on any atom is -0.494 e. The lowest BCUT2D eigenvalue weighted by atomic mass is 9.97. The monoisotopic (exact) mass is 558 g/mol. The zero-order valence-corrected chi connectivity index (χ0v) is 22.6. The SMILES string of the molecule is CCOc1ccc(N(CC(=O)N[C@H](CC(C)C)c2ccccc2)S(=O)(=O)c2ccc(Br)cc2)cc1. The lowest BCUT2D eigenvalue weighted by Gasteiger charge is -2.26. The third-order valence-electron chi connectivity index (χ3n) is 5.37. The summed E-state index contributed by atoms with van der Waals surface area (Å²) in [7, 11) is -4.00. The van der Waals surface area contributed by atoms with Crippen molar-refractivity contribution in [2.24, 2.45) is 5.92 Å². The fourth-order valence-electron chi connectivity index (χ4n) is 3.73. The predicted molar refractivity (Wildman–Crippen MR) is 143 cm³/mol. The number of anilines is 1. The Hall–Kier alpha value is -2.84. The predicted octanol–water partition coefficient (Wildman–Crippen LogP) is 5.95. The number of hydrogen-bond acceptors (Lipinski definition) is 4. The molecule has 0 bridgehead atoms. The largest absolute Gasteiger partial charge is 0.494 e. The highest BCUT2D eigenvalue weighted by Crippen LogP contribution is 2.27. The summed E-state index contributed by atoms with van der Waals surface area (Å²) in [5.41, 5.74) is 1.37. The molecule has 0 aliphatic heterocycles. The molecule has 186 valence electrons. The van der Waals surface area contributed by atoms with Crippen LogP contribution >= 0.6 is 15.9 Å². The number of amides is 1. The van der Waals surface area contributed by atoms with E-state index in [-0.39, 0.29) is 23.4 Å². The molecule has 3 rings (SSSR count). The summed E-state index contributed by atoms with van der Waals surface area (Å²) in [4.78, 5) is 13.3. The van der Waals surface area contributed by atoms with Gasteiger partial charge in [0.1, 0.15) is 12.3 Å². The normalized spacial score (nSPS) is 12.3. The molecule has 0 unspecified atom stereocenters. The van der Waals surface area contributed by atoms with Gasteiger partial charge in [-0.25, -0.2) is 8.42 Å². The topological polar surface area (TPSA) is 75.7 Å². The summed E-state index contributed by atoms with van der Waals surface area (Å²) in [5, 5.41) is 3.05. The molecule has 0 aromatic heterocycles. The van der Waals surface area contributed by atoms with Gasteiger partial charge in [0.2, 0.25) is 5.91 Å². The summed E-state index contributed by atoms with van der Waals surface area (Å²) >= 11 is 3.34. The zero-order valence-electron chi connectivity index (χ0n) is 20.1. The average Bonchev–Trinajstić information content (AvgIpc) is 2.83. The lowest BCUT2D eigenvalue weighted by Crippen LogP contribution is -2.42. The molecule has 0 saturated heterocycles. The van der Waals surface area contributed by atoms with E-state index in [1.165, 1.54) is 12.1 Å². The maximum atomic E-state index is 13.6. The fourth-order valence-corrected chi connectivity index (χ4v) is 5.41. The number of nitrogens with zero attached hydrogens (tertiary/aromatic N) is 1. The van der Waals surface area contributed by atoms with Gasteiger partial charge >= 0.3 is 0 Å². The molecule has 1 N–H and O–H groups in total. The van der Waals surface area contributed by atoms with E-state index < -0.39 is 10.0 Å². The van der Waals surface area contributed by atoms with Crippen molar-refractivity contribution >= 4 is 37.5 Å². The molecule has 0 saturated carbocycles. The van der Waals surface area contributed by atoms with Crippen molar-refractivity contribution in [1.29, 1.82) is 0 Å². The van der Waals surface area contributed by atoms with E-state index in [0.29, 0.717) is 24.0 Å². The molecule has 6 nitrogen and oxygen atoms in total. The summed E-state index contributed by atoms with van der Waals surface area (Å²) in [6.45, 7) is 6.20. The minimum absolute atomic E-state index is 0.101. The van der Waals surface area contributed by atoms with E-state index in [2.05, 4.69) is 35.1 Å². The first-order valence-electron chi connectivity index (χ1n) is 11.6. The standard InChI is InChI=1S/C27H31BrN2O4S/c1-4-34-24-14-12-23(13-15-24)30(35(32,33)25-16-10-22(28)11-17-25)19-27(31)29-26(18-20(2)3)21-8-6-5-7-9-21/h5-17,20,26H,4,18-19H2,1-3H3,(H,29,31)/t26-/m1/s1. The smallest absolute Gasteiger partial charge is 0.264 e. The van der Waals surface area contributed by atoms with Gasteiger partial charge in [0, 0.05) is 4.47 Å². The number of hydrogen-bond donors (Lipinski definition) is 1. The summed E-state index contributed by atoms with van der Waals surface area (Å²) < 4.78 is 34.6. The molecule has 3 aromatic rings. The number of halogens is 1. The second-order valence-corrected chi connectivity index (χ2v) is 11.3. The van der Waals surface area contributed by atoms with Crippen molar-refractivity contribution in [1.82, 2.24) is 5.32 Å². The molecule has 0 aliphatic rings. The average molecular weight is 560 g/mol. The van der Waals surface area contributed by atoms with Crippen LogP contribution in [0.2, 0.25) is 0 Å². The highest BCUT2D eigenvalue weighted by Gasteiger charge is 2.28. The van der Waals surface area contributed by atoms with E-state index in [0.717, 1.165) is 20.8 Å². The Labute approximate surface area is 216 Å². The van der Waals surface area contributed by atoms with Crippen molar-refractivity contribution in [2.45, 2.75) is 38.1 Å². The van der Waals surface area contributed by atoms with Crippen molar-refractivity contribution < 1.29 is 17.9 Å². The lowest BCUT2D eigenvalue weighted by molar-refractivity contribution is -0.120. The number of benzene rings is 3. The van der Waals surface area contributed by atoms with E-state index >= 15 is 0 Å². The van der Waals surface area contributed by atoms with Crippen LogP contribution in [-0.4, -0.2) is 27.5 Å². The van der Waals surface area contributed by atoms with Crippen LogP contribution in [0.4, 0.5) is 5.69 Å². The number of nitrogens with one attached hydrogen (secondary N) is 1. The third-order valence-corrected chi connectivity index (χ3v) is 7.69. The summed E-state index contributed by atoms with van der Waals surface area (Å²) in [6.07, 6.45) is 0.734. The van der Waals surface area contributed by atoms with Gasteiger partial charge in [0.15, 0.2) is 0 Å². The highest BCUT2D eigenvalue weighted by atomic mass is 79.9. The maximum Gasteiger partial charge on any atom is 0.264 e. The molecule has 0 aliphatic carbocycles. The first kappa shape index (κ1) is 26.8. The van der Waals surface area contributed by atoms with Crippen molar-refractivity contribution in [3.63, 3.8) is 0 Å². The Morgan fingerprint density at radius 2 is 1.60 bits per heavy atom. The fraction of sp³-hybridized carbons (Fsp3) is 0.296. The van der Waals surface area contributed by atoms with Crippen LogP contribution in [0.15, 0.2) is 88.2 Å². The summed E-state index contributed by atoms with van der Waals surface area (Å²) in [6, 6.07) is 22.6. The number of sulfonamides is 1. The van der Waals surface area contributed by atoms with E-state index in [1.807, 2.05) is 37.3 Å². The quantitative estimate of drug-likeness (QED) is 0.315. The number of carbonyl (C=O) groups excluding carboxylic acids is 1. The van der Waals surface area contributed by atoms with Gasteiger partial charge in [-0.05, 0) is 73.4 Å². The van der Waals surface area contributed by atoms with Crippen LogP contribution in [-0.2, 0) is 14.8 Å². The number of ether oxygens (including phenoxy) is 1. The van der Waals surface area contributed by atoms with Gasteiger partial charge in [-0.3, -0.25) is 9.10 Å². The molecule has 8 heteroatoms. The molecule has 0 heterocycles. The second kappa shape index (κ2) is 12.2. The maximum absolute atomic E-state index is 13.6. The summed E-state index contributed by atoms with van der Waals surface area (Å²) in [5.74, 6) is 0.589. The molecule has 0 fully saturated rings. The van der Waals surface area contributed by atoms with Gasteiger partial charge in [-0.1, -0.05) is 60.1 Å². The van der Waals surface area contributed by atoms with Crippen molar-refractivity contribution in [3.05, 3.63) is 88.9 Å². The van der Waals surface area contributed by atoms with Crippen LogP contribution in [0.25, 0.3) is 0 Å². The minimum atomic E-state index is -4.00. The van der Waals surface area contributed by atoms with Crippen LogP contribution in [0, 0.1) is 5.92 Å². The Morgan fingerprint density at radius 3 is 2.17 bits per heavy atom. The zero-order chi connectivity index (χ0) is 25.4. The van der Waals surface area contributed by atoms with Gasteiger partial charge in [-0.15, -0.1) is 0 Å². The van der Waals surface area contributed by atoms with Gasteiger partial charge in [0.25, 0.3) is 10.0 Å². The molecule has 0 radical (unpaired) electrons.